The average Bonchev–Trinajstić information content (AvgIpc) is 3.25. The summed E-state index contributed by atoms with van der Waals surface area (Å²) < 4.78 is 5.86. The molecule has 0 saturated carbocycles. The Morgan fingerprint density at radius 2 is 2.11 bits per heavy atom. The van der Waals surface area contributed by atoms with E-state index in [9.17, 15) is 9.59 Å². The Kier molecular flexibility index (Phi) is 4.66. The summed E-state index contributed by atoms with van der Waals surface area (Å²) in [7, 11) is 0. The highest BCUT2D eigenvalue weighted by Crippen LogP contribution is 2.35. The van der Waals surface area contributed by atoms with Crippen LogP contribution in [0.3, 0.4) is 0 Å². The number of benzene rings is 2. The molecule has 4 rings (SSSR count). The lowest BCUT2D eigenvalue weighted by Gasteiger charge is -2.17. The monoisotopic (exact) mass is 402 g/mol. The second-order valence-electron chi connectivity index (χ2n) is 6.55. The Hall–Kier alpha value is -2.37. The van der Waals surface area contributed by atoms with E-state index in [2.05, 4.69) is 11.9 Å². The number of aromatic nitrogens is 1. The van der Waals surface area contributed by atoms with Gasteiger partial charge in [0.1, 0.15) is 5.52 Å². The number of oxazole rings is 1. The van der Waals surface area contributed by atoms with Crippen molar-refractivity contribution in [2.24, 2.45) is 5.92 Å². The Morgan fingerprint density at radius 3 is 2.81 bits per heavy atom. The number of aryl methyl sites for hydroxylation is 1. The fourth-order valence-corrected chi connectivity index (χ4v) is 3.61. The Bertz CT molecular complexity index is 1060. The van der Waals surface area contributed by atoms with Gasteiger partial charge in [-0.1, -0.05) is 24.6 Å². The average molecular weight is 403 g/mol. The Morgan fingerprint density at radius 1 is 1.30 bits per heavy atom. The van der Waals surface area contributed by atoms with Crippen LogP contribution in [0.2, 0.25) is 5.02 Å². The Labute approximate surface area is 165 Å². The molecule has 27 heavy (non-hydrogen) atoms. The van der Waals surface area contributed by atoms with Gasteiger partial charge in [-0.05, 0) is 53.9 Å². The number of carbonyl (C=O) groups is 2. The van der Waals surface area contributed by atoms with E-state index in [0.717, 1.165) is 11.9 Å². The van der Waals surface area contributed by atoms with Crippen LogP contribution in [-0.2, 0) is 16.0 Å². The zero-order valence-corrected chi connectivity index (χ0v) is 16.0. The van der Waals surface area contributed by atoms with E-state index < -0.39 is 11.2 Å². The van der Waals surface area contributed by atoms with Crippen LogP contribution in [0.25, 0.3) is 22.6 Å². The molecule has 1 aliphatic heterocycles. The molecule has 5 nitrogen and oxygen atoms in total. The molecule has 1 atom stereocenters. The number of hydrogen-bond acceptors (Lipinski definition) is 4. The van der Waals surface area contributed by atoms with Crippen LogP contribution in [0.15, 0.2) is 40.8 Å². The van der Waals surface area contributed by atoms with Gasteiger partial charge in [0.2, 0.25) is 17.0 Å². The molecule has 2 aromatic carbocycles. The van der Waals surface area contributed by atoms with Crippen molar-refractivity contribution in [3.63, 3.8) is 0 Å². The fraction of sp³-hybridized carbons (Fsp3) is 0.250. The molecule has 0 bridgehead atoms. The number of anilines is 1. The molecular weight excluding hydrogens is 387 g/mol. The molecule has 0 radical (unpaired) electrons. The SMILES string of the molecule is CCc1ccc2oc(-c3cc(N4CC(C(=O)Cl)CC4=O)ccc3Cl)nc2c1. The van der Waals surface area contributed by atoms with Gasteiger partial charge in [0.05, 0.1) is 16.5 Å². The van der Waals surface area contributed by atoms with Crippen molar-refractivity contribution < 1.29 is 14.0 Å². The molecule has 2 heterocycles. The van der Waals surface area contributed by atoms with Crippen LogP contribution < -0.4 is 4.90 Å². The van der Waals surface area contributed by atoms with Gasteiger partial charge < -0.3 is 9.32 Å². The van der Waals surface area contributed by atoms with Crippen molar-refractivity contribution in [3.05, 3.63) is 47.0 Å². The molecule has 0 aliphatic carbocycles. The fourth-order valence-electron chi connectivity index (χ4n) is 3.26. The minimum atomic E-state index is -0.495. The number of rotatable bonds is 4. The van der Waals surface area contributed by atoms with E-state index in [1.54, 1.807) is 23.1 Å². The lowest BCUT2D eigenvalue weighted by atomic mass is 10.1. The molecule has 1 aromatic heterocycles. The van der Waals surface area contributed by atoms with Crippen molar-refractivity contribution in [2.45, 2.75) is 19.8 Å². The maximum atomic E-state index is 12.3. The second-order valence-corrected chi connectivity index (χ2v) is 7.33. The van der Waals surface area contributed by atoms with Crippen LogP contribution in [0.5, 0.6) is 0 Å². The van der Waals surface area contributed by atoms with Crippen molar-refractivity contribution >= 4 is 51.1 Å². The minimum absolute atomic E-state index is 0.114. The van der Waals surface area contributed by atoms with E-state index in [0.29, 0.717) is 27.7 Å². The molecule has 1 saturated heterocycles. The summed E-state index contributed by atoms with van der Waals surface area (Å²) in [4.78, 5) is 29.8. The topological polar surface area (TPSA) is 63.4 Å². The molecule has 1 aliphatic rings. The molecule has 138 valence electrons. The predicted molar refractivity (Wildman–Crippen MR) is 105 cm³/mol. The lowest BCUT2D eigenvalue weighted by molar-refractivity contribution is -0.120. The van der Waals surface area contributed by atoms with E-state index >= 15 is 0 Å². The highest BCUT2D eigenvalue weighted by atomic mass is 35.5. The summed E-state index contributed by atoms with van der Waals surface area (Å²) in [6, 6.07) is 11.1. The van der Waals surface area contributed by atoms with Gasteiger partial charge in [0.15, 0.2) is 5.58 Å². The van der Waals surface area contributed by atoms with Crippen molar-refractivity contribution in [2.75, 3.05) is 11.4 Å². The Balaban J connectivity index is 1.73. The molecule has 3 aromatic rings. The third-order valence-corrected chi connectivity index (χ3v) is 5.44. The van der Waals surface area contributed by atoms with E-state index in [-0.39, 0.29) is 18.9 Å². The molecule has 1 amide bonds. The summed E-state index contributed by atoms with van der Waals surface area (Å²) in [6.45, 7) is 2.34. The summed E-state index contributed by atoms with van der Waals surface area (Å²) >= 11 is 11.9. The first-order chi connectivity index (χ1) is 13.0. The first-order valence-electron chi connectivity index (χ1n) is 8.65. The molecule has 7 heteroatoms. The van der Waals surface area contributed by atoms with Crippen LogP contribution in [0.1, 0.15) is 18.9 Å². The van der Waals surface area contributed by atoms with Gasteiger partial charge in [0, 0.05) is 18.7 Å². The molecule has 0 N–H and O–H groups in total. The summed E-state index contributed by atoms with van der Waals surface area (Å²) in [5.74, 6) is -0.246. The number of carbonyl (C=O) groups excluding carboxylic acids is 2. The van der Waals surface area contributed by atoms with E-state index in [4.69, 9.17) is 27.6 Å². The first-order valence-corrected chi connectivity index (χ1v) is 9.41. The van der Waals surface area contributed by atoms with Crippen LogP contribution in [0.4, 0.5) is 5.69 Å². The number of fused-ring (bicyclic) bond motifs is 1. The highest BCUT2D eigenvalue weighted by Gasteiger charge is 2.34. The molecule has 0 spiro atoms. The van der Waals surface area contributed by atoms with E-state index in [1.807, 2.05) is 18.2 Å². The third-order valence-electron chi connectivity index (χ3n) is 4.80. The van der Waals surface area contributed by atoms with Gasteiger partial charge in [-0.3, -0.25) is 9.59 Å². The molecule has 1 fully saturated rings. The summed E-state index contributed by atoms with van der Waals surface area (Å²) in [5.41, 5.74) is 3.83. The van der Waals surface area contributed by atoms with Crippen LogP contribution in [0, 0.1) is 5.92 Å². The van der Waals surface area contributed by atoms with Gasteiger partial charge >= 0.3 is 0 Å². The lowest BCUT2D eigenvalue weighted by Crippen LogP contribution is -2.25. The highest BCUT2D eigenvalue weighted by molar-refractivity contribution is 6.64. The normalized spacial score (nSPS) is 17.1. The predicted octanol–water partition coefficient (Wildman–Crippen LogP) is 4.83. The van der Waals surface area contributed by atoms with Crippen LogP contribution >= 0.6 is 23.2 Å². The van der Waals surface area contributed by atoms with Crippen molar-refractivity contribution in [3.8, 4) is 11.5 Å². The van der Waals surface area contributed by atoms with Gasteiger partial charge in [-0.25, -0.2) is 4.98 Å². The van der Waals surface area contributed by atoms with Crippen molar-refractivity contribution in [1.82, 2.24) is 4.98 Å². The van der Waals surface area contributed by atoms with Crippen molar-refractivity contribution in [1.29, 1.82) is 0 Å². The number of halogens is 2. The first kappa shape index (κ1) is 18.0. The van der Waals surface area contributed by atoms with E-state index in [1.165, 1.54) is 5.56 Å². The van der Waals surface area contributed by atoms with Gasteiger partial charge in [-0.15, -0.1) is 0 Å². The zero-order chi connectivity index (χ0) is 19.1. The number of nitrogens with zero attached hydrogens (tertiary/aromatic N) is 2. The molecule has 1 unspecified atom stereocenters. The quantitative estimate of drug-likeness (QED) is 0.586. The summed E-state index contributed by atoms with van der Waals surface area (Å²) in [5, 5.41) is -0.0247. The maximum Gasteiger partial charge on any atom is 0.228 e. The summed E-state index contributed by atoms with van der Waals surface area (Å²) in [6.07, 6.45) is 1.02. The maximum absolute atomic E-state index is 12.3. The second kappa shape index (κ2) is 6.98. The van der Waals surface area contributed by atoms with Gasteiger partial charge in [-0.2, -0.15) is 0 Å². The largest absolute Gasteiger partial charge is 0.436 e. The molecular formula is C20H16Cl2N2O3. The third kappa shape index (κ3) is 3.33. The number of hydrogen-bond donors (Lipinski definition) is 0. The van der Waals surface area contributed by atoms with Gasteiger partial charge in [0.25, 0.3) is 0 Å². The van der Waals surface area contributed by atoms with Crippen LogP contribution in [-0.4, -0.2) is 22.7 Å². The standard InChI is InChI=1S/C20H16Cl2N2O3/c1-2-11-3-6-17-16(7-11)23-20(27-17)14-9-13(4-5-15(14)21)24-10-12(19(22)26)8-18(24)25/h3-7,9,12H,2,8,10H2,1H3. The smallest absolute Gasteiger partial charge is 0.228 e. The minimum Gasteiger partial charge on any atom is -0.436 e. The number of amides is 1. The zero-order valence-electron chi connectivity index (χ0n) is 14.5.